The number of hydrogen-bond acceptors (Lipinski definition) is 1. The summed E-state index contributed by atoms with van der Waals surface area (Å²) >= 11 is 0. The van der Waals surface area contributed by atoms with Gasteiger partial charge in [-0.3, -0.25) is 0 Å². The second kappa shape index (κ2) is 4.37. The maximum Gasteiger partial charge on any atom is 0.248 e. The lowest BCUT2D eigenvalue weighted by atomic mass is 9.90. The summed E-state index contributed by atoms with van der Waals surface area (Å²) in [5, 5.41) is 10.2. The van der Waals surface area contributed by atoms with Gasteiger partial charge in [-0.05, 0) is 37.3 Å². The highest BCUT2D eigenvalue weighted by Gasteiger charge is 2.42. The molecule has 2 unspecified atom stereocenters. The summed E-state index contributed by atoms with van der Waals surface area (Å²) < 4.78 is 26.3. The molecule has 2 atom stereocenters. The molecule has 94 valence electrons. The minimum absolute atomic E-state index is 0.0976. The predicted molar refractivity (Wildman–Crippen MR) is 63.2 cm³/mol. The van der Waals surface area contributed by atoms with Crippen LogP contribution in [0.3, 0.4) is 0 Å². The zero-order valence-electron chi connectivity index (χ0n) is 10.2. The molecule has 0 aliphatic heterocycles. The van der Waals surface area contributed by atoms with E-state index in [1.54, 1.807) is 0 Å². The van der Waals surface area contributed by atoms with E-state index in [4.69, 9.17) is 0 Å². The molecule has 1 aliphatic rings. The lowest BCUT2D eigenvalue weighted by molar-refractivity contribution is -0.00517. The SMILES string of the molecule is Cc1ccc(C)c(C(O)C2CCC(F)(F)C2)c1. The number of hydrogen-bond donors (Lipinski definition) is 1. The molecular weight excluding hydrogens is 222 g/mol. The molecule has 1 aliphatic carbocycles. The molecular formula is C14H18F2O. The van der Waals surface area contributed by atoms with Crippen LogP contribution in [0.4, 0.5) is 8.78 Å². The highest BCUT2D eigenvalue weighted by atomic mass is 19.3. The molecule has 1 nitrogen and oxygen atoms in total. The van der Waals surface area contributed by atoms with E-state index in [9.17, 15) is 13.9 Å². The smallest absolute Gasteiger partial charge is 0.248 e. The molecule has 0 amide bonds. The van der Waals surface area contributed by atoms with Crippen molar-refractivity contribution in [3.63, 3.8) is 0 Å². The number of alkyl halides is 2. The number of halogens is 2. The Bertz CT molecular complexity index is 415. The van der Waals surface area contributed by atoms with Crippen molar-refractivity contribution in [3.8, 4) is 0 Å². The lowest BCUT2D eigenvalue weighted by Gasteiger charge is -2.20. The van der Waals surface area contributed by atoms with Gasteiger partial charge >= 0.3 is 0 Å². The van der Waals surface area contributed by atoms with Crippen LogP contribution in [0.2, 0.25) is 0 Å². The van der Waals surface area contributed by atoms with Gasteiger partial charge in [0, 0.05) is 12.8 Å². The van der Waals surface area contributed by atoms with E-state index in [1.165, 1.54) is 0 Å². The summed E-state index contributed by atoms with van der Waals surface area (Å²) in [6.45, 7) is 3.85. The van der Waals surface area contributed by atoms with Crippen LogP contribution < -0.4 is 0 Å². The number of rotatable bonds is 2. The molecule has 0 bridgehead atoms. The van der Waals surface area contributed by atoms with Gasteiger partial charge in [-0.1, -0.05) is 23.8 Å². The first kappa shape index (κ1) is 12.5. The number of benzene rings is 1. The van der Waals surface area contributed by atoms with Crippen LogP contribution in [0.15, 0.2) is 18.2 Å². The molecule has 0 heterocycles. The molecule has 17 heavy (non-hydrogen) atoms. The lowest BCUT2D eigenvalue weighted by Crippen LogP contribution is -2.15. The molecule has 0 aromatic heterocycles. The Balaban J connectivity index is 2.20. The molecule has 1 N–H and O–H groups in total. The Labute approximate surface area is 100 Å². The van der Waals surface area contributed by atoms with Gasteiger partial charge in [0.1, 0.15) is 0 Å². The van der Waals surface area contributed by atoms with E-state index in [0.717, 1.165) is 16.7 Å². The van der Waals surface area contributed by atoms with Gasteiger partial charge in [-0.2, -0.15) is 0 Å². The van der Waals surface area contributed by atoms with E-state index >= 15 is 0 Å². The predicted octanol–water partition coefficient (Wildman–Crippen LogP) is 3.77. The van der Waals surface area contributed by atoms with Gasteiger partial charge in [0.25, 0.3) is 0 Å². The van der Waals surface area contributed by atoms with Crippen LogP contribution in [0.5, 0.6) is 0 Å². The minimum Gasteiger partial charge on any atom is -0.388 e. The Morgan fingerprint density at radius 1 is 1.35 bits per heavy atom. The third-order valence-corrected chi connectivity index (χ3v) is 3.64. The molecule has 1 aromatic carbocycles. The molecule has 0 spiro atoms. The molecule has 1 fully saturated rings. The van der Waals surface area contributed by atoms with Gasteiger partial charge in [0.15, 0.2) is 0 Å². The molecule has 1 saturated carbocycles. The zero-order chi connectivity index (χ0) is 12.6. The molecule has 0 radical (unpaired) electrons. The second-order valence-electron chi connectivity index (χ2n) is 5.16. The monoisotopic (exact) mass is 240 g/mol. The van der Waals surface area contributed by atoms with E-state index < -0.39 is 12.0 Å². The largest absolute Gasteiger partial charge is 0.388 e. The Morgan fingerprint density at radius 3 is 2.65 bits per heavy atom. The van der Waals surface area contributed by atoms with E-state index in [0.29, 0.717) is 6.42 Å². The third-order valence-electron chi connectivity index (χ3n) is 3.64. The van der Waals surface area contributed by atoms with Crippen LogP contribution in [0, 0.1) is 19.8 Å². The van der Waals surface area contributed by atoms with Crippen molar-refractivity contribution < 1.29 is 13.9 Å². The summed E-state index contributed by atoms with van der Waals surface area (Å²) in [6.07, 6.45) is -0.647. The molecule has 2 rings (SSSR count). The Hall–Kier alpha value is -0.960. The number of aliphatic hydroxyl groups excluding tert-OH is 1. The fourth-order valence-corrected chi connectivity index (χ4v) is 2.59. The van der Waals surface area contributed by atoms with Crippen molar-refractivity contribution in [2.24, 2.45) is 5.92 Å². The highest BCUT2D eigenvalue weighted by molar-refractivity contribution is 5.32. The average Bonchev–Trinajstić information content (AvgIpc) is 2.61. The summed E-state index contributed by atoms with van der Waals surface area (Å²) in [6, 6.07) is 5.80. The maximum absolute atomic E-state index is 13.1. The summed E-state index contributed by atoms with van der Waals surface area (Å²) in [7, 11) is 0. The standard InChI is InChI=1S/C14H18F2O/c1-9-3-4-10(2)12(7-9)13(17)11-5-6-14(15,16)8-11/h3-4,7,11,13,17H,5-6,8H2,1-2H3. The average molecular weight is 240 g/mol. The summed E-state index contributed by atoms with van der Waals surface area (Å²) in [5.74, 6) is -2.91. The summed E-state index contributed by atoms with van der Waals surface area (Å²) in [5.41, 5.74) is 2.82. The first-order valence-corrected chi connectivity index (χ1v) is 6.02. The third kappa shape index (κ3) is 2.65. The van der Waals surface area contributed by atoms with Crippen molar-refractivity contribution >= 4 is 0 Å². The number of aliphatic hydroxyl groups is 1. The maximum atomic E-state index is 13.1. The second-order valence-corrected chi connectivity index (χ2v) is 5.16. The van der Waals surface area contributed by atoms with Crippen LogP contribution in [-0.4, -0.2) is 11.0 Å². The van der Waals surface area contributed by atoms with Crippen molar-refractivity contribution in [2.45, 2.75) is 45.1 Å². The van der Waals surface area contributed by atoms with Gasteiger partial charge < -0.3 is 5.11 Å². The van der Waals surface area contributed by atoms with Gasteiger partial charge in [0.2, 0.25) is 5.92 Å². The van der Waals surface area contributed by atoms with Crippen molar-refractivity contribution in [3.05, 3.63) is 34.9 Å². The van der Waals surface area contributed by atoms with Gasteiger partial charge in [-0.25, -0.2) is 8.78 Å². The zero-order valence-corrected chi connectivity index (χ0v) is 10.2. The van der Waals surface area contributed by atoms with Crippen molar-refractivity contribution in [2.75, 3.05) is 0 Å². The Morgan fingerprint density at radius 2 is 2.06 bits per heavy atom. The van der Waals surface area contributed by atoms with Crippen molar-refractivity contribution in [1.29, 1.82) is 0 Å². The first-order valence-electron chi connectivity index (χ1n) is 6.02. The van der Waals surface area contributed by atoms with Gasteiger partial charge in [0.05, 0.1) is 6.10 Å². The summed E-state index contributed by atoms with van der Waals surface area (Å²) in [4.78, 5) is 0. The van der Waals surface area contributed by atoms with Crippen molar-refractivity contribution in [1.82, 2.24) is 0 Å². The molecule has 0 saturated heterocycles. The van der Waals surface area contributed by atoms with E-state index in [1.807, 2.05) is 32.0 Å². The number of aryl methyl sites for hydroxylation is 2. The van der Waals surface area contributed by atoms with Crippen LogP contribution in [0.25, 0.3) is 0 Å². The van der Waals surface area contributed by atoms with Gasteiger partial charge in [-0.15, -0.1) is 0 Å². The van der Waals surface area contributed by atoms with Crippen LogP contribution in [0.1, 0.15) is 42.1 Å². The van der Waals surface area contributed by atoms with Crippen LogP contribution in [-0.2, 0) is 0 Å². The topological polar surface area (TPSA) is 20.2 Å². The minimum atomic E-state index is -2.59. The van der Waals surface area contributed by atoms with Crippen LogP contribution >= 0.6 is 0 Å². The quantitative estimate of drug-likeness (QED) is 0.834. The normalized spacial score (nSPS) is 24.9. The highest BCUT2D eigenvalue weighted by Crippen LogP contribution is 2.44. The fraction of sp³-hybridized carbons (Fsp3) is 0.571. The van der Waals surface area contributed by atoms with E-state index in [2.05, 4.69) is 0 Å². The fourth-order valence-electron chi connectivity index (χ4n) is 2.59. The molecule has 3 heteroatoms. The van der Waals surface area contributed by atoms with E-state index in [-0.39, 0.29) is 18.8 Å². The Kier molecular flexibility index (Phi) is 3.21. The molecule has 1 aromatic rings. The first-order chi connectivity index (χ1) is 7.89.